The van der Waals surface area contributed by atoms with Gasteiger partial charge in [0.05, 0.1) is 7.11 Å². The minimum Gasteiger partial charge on any atom is -0.467 e. The molecule has 1 heterocycles. The number of hydrogen-bond acceptors (Lipinski definition) is 4. The van der Waals surface area contributed by atoms with Crippen LogP contribution in [0.25, 0.3) is 0 Å². The van der Waals surface area contributed by atoms with Gasteiger partial charge in [-0.1, -0.05) is 32.0 Å². The monoisotopic (exact) mass is 332 g/mol. The number of rotatable bonds is 6. The largest absolute Gasteiger partial charge is 0.467 e. The molecule has 0 aliphatic carbocycles. The van der Waals surface area contributed by atoms with E-state index in [1.807, 2.05) is 26.0 Å². The van der Waals surface area contributed by atoms with E-state index in [2.05, 4.69) is 5.32 Å². The number of carbonyl (C=O) groups is 3. The summed E-state index contributed by atoms with van der Waals surface area (Å²) >= 11 is 0. The van der Waals surface area contributed by atoms with Gasteiger partial charge in [-0.2, -0.15) is 0 Å². The molecule has 6 nitrogen and oxygen atoms in total. The maximum absolute atomic E-state index is 12.5. The van der Waals surface area contributed by atoms with E-state index in [0.29, 0.717) is 18.5 Å². The summed E-state index contributed by atoms with van der Waals surface area (Å²) in [6.07, 6.45) is 0.485. The first-order chi connectivity index (χ1) is 11.3. The van der Waals surface area contributed by atoms with Gasteiger partial charge in [-0.25, -0.2) is 4.79 Å². The number of benzene rings is 1. The van der Waals surface area contributed by atoms with Gasteiger partial charge in [-0.05, 0) is 30.9 Å². The molecule has 1 aliphatic rings. The van der Waals surface area contributed by atoms with Crippen LogP contribution in [-0.4, -0.2) is 41.9 Å². The Bertz CT molecular complexity index is 642. The molecule has 1 aromatic rings. The Morgan fingerprint density at radius 2 is 1.92 bits per heavy atom. The van der Waals surface area contributed by atoms with Crippen molar-refractivity contribution in [2.75, 3.05) is 7.11 Å². The number of methoxy groups -OCH3 is 1. The number of nitrogens with zero attached hydrogens (tertiary/aromatic N) is 1. The SMILES string of the molecule is COC(=O)C(CC(C)C)NC(=O)C(C)N1Cc2ccccc2C1=O. The van der Waals surface area contributed by atoms with Crippen molar-refractivity contribution in [3.63, 3.8) is 0 Å². The van der Waals surface area contributed by atoms with Gasteiger partial charge in [-0.15, -0.1) is 0 Å². The van der Waals surface area contributed by atoms with E-state index in [-0.39, 0.29) is 17.7 Å². The van der Waals surface area contributed by atoms with Crippen LogP contribution < -0.4 is 5.32 Å². The molecular formula is C18H24N2O4. The molecule has 6 heteroatoms. The first-order valence-electron chi connectivity index (χ1n) is 8.12. The quantitative estimate of drug-likeness (QED) is 0.805. The molecule has 2 unspecified atom stereocenters. The van der Waals surface area contributed by atoms with Gasteiger partial charge in [0.1, 0.15) is 12.1 Å². The fourth-order valence-corrected chi connectivity index (χ4v) is 2.85. The minimum absolute atomic E-state index is 0.160. The Kier molecular flexibility index (Phi) is 5.59. The first kappa shape index (κ1) is 18.0. The number of esters is 1. The number of fused-ring (bicyclic) bond motifs is 1. The van der Waals surface area contributed by atoms with Crippen molar-refractivity contribution in [1.82, 2.24) is 10.2 Å². The van der Waals surface area contributed by atoms with Gasteiger partial charge in [0.25, 0.3) is 5.91 Å². The maximum Gasteiger partial charge on any atom is 0.328 e. The zero-order valence-corrected chi connectivity index (χ0v) is 14.5. The molecule has 1 aliphatic heterocycles. The summed E-state index contributed by atoms with van der Waals surface area (Å²) in [7, 11) is 1.30. The van der Waals surface area contributed by atoms with Crippen LogP contribution in [0.5, 0.6) is 0 Å². The van der Waals surface area contributed by atoms with Crippen molar-refractivity contribution in [3.05, 3.63) is 35.4 Å². The van der Waals surface area contributed by atoms with Crippen molar-refractivity contribution < 1.29 is 19.1 Å². The van der Waals surface area contributed by atoms with Gasteiger partial charge in [0.2, 0.25) is 5.91 Å². The number of hydrogen-bond donors (Lipinski definition) is 1. The van der Waals surface area contributed by atoms with Crippen molar-refractivity contribution in [1.29, 1.82) is 0 Å². The molecular weight excluding hydrogens is 308 g/mol. The average Bonchev–Trinajstić information content (AvgIpc) is 2.89. The third kappa shape index (κ3) is 3.75. The molecule has 130 valence electrons. The fourth-order valence-electron chi connectivity index (χ4n) is 2.85. The molecule has 1 aromatic carbocycles. The molecule has 2 amide bonds. The van der Waals surface area contributed by atoms with Crippen molar-refractivity contribution in [2.45, 2.75) is 45.8 Å². The summed E-state index contributed by atoms with van der Waals surface area (Å²) < 4.78 is 4.76. The van der Waals surface area contributed by atoms with Gasteiger partial charge in [-0.3, -0.25) is 9.59 Å². The summed E-state index contributed by atoms with van der Waals surface area (Å²) in [4.78, 5) is 38.3. The van der Waals surface area contributed by atoms with Gasteiger partial charge < -0.3 is 15.0 Å². The lowest BCUT2D eigenvalue weighted by Crippen LogP contribution is -2.51. The van der Waals surface area contributed by atoms with Crippen LogP contribution in [0.1, 0.15) is 43.1 Å². The van der Waals surface area contributed by atoms with E-state index in [1.54, 1.807) is 19.1 Å². The molecule has 0 fully saturated rings. The number of ether oxygens (including phenoxy) is 1. The van der Waals surface area contributed by atoms with E-state index >= 15 is 0 Å². The van der Waals surface area contributed by atoms with Crippen LogP contribution in [0.15, 0.2) is 24.3 Å². The van der Waals surface area contributed by atoms with Crippen LogP contribution in [0.3, 0.4) is 0 Å². The van der Waals surface area contributed by atoms with Crippen LogP contribution in [0.2, 0.25) is 0 Å². The highest BCUT2D eigenvalue weighted by molar-refractivity contribution is 6.01. The summed E-state index contributed by atoms with van der Waals surface area (Å²) in [5.74, 6) is -0.762. The summed E-state index contributed by atoms with van der Waals surface area (Å²) in [5, 5.41) is 2.72. The van der Waals surface area contributed by atoms with E-state index < -0.39 is 18.1 Å². The summed E-state index contributed by atoms with van der Waals surface area (Å²) in [6, 6.07) is 5.96. The zero-order valence-electron chi connectivity index (χ0n) is 14.5. The van der Waals surface area contributed by atoms with E-state index in [9.17, 15) is 14.4 Å². The Morgan fingerprint density at radius 1 is 1.25 bits per heavy atom. The second-order valence-electron chi connectivity index (χ2n) is 6.48. The number of carbonyl (C=O) groups excluding carboxylic acids is 3. The molecule has 0 saturated heterocycles. The third-order valence-corrected chi connectivity index (χ3v) is 4.21. The second-order valence-corrected chi connectivity index (χ2v) is 6.48. The lowest BCUT2D eigenvalue weighted by Gasteiger charge is -2.26. The Balaban J connectivity index is 2.07. The molecule has 0 radical (unpaired) electrons. The van der Waals surface area contributed by atoms with Crippen molar-refractivity contribution in [2.24, 2.45) is 5.92 Å². The summed E-state index contributed by atoms with van der Waals surface area (Å²) in [5.41, 5.74) is 1.54. The van der Waals surface area contributed by atoms with E-state index in [1.165, 1.54) is 12.0 Å². The third-order valence-electron chi connectivity index (χ3n) is 4.21. The molecule has 2 rings (SSSR count). The van der Waals surface area contributed by atoms with Crippen LogP contribution in [-0.2, 0) is 20.9 Å². The highest BCUT2D eigenvalue weighted by Crippen LogP contribution is 2.24. The first-order valence-corrected chi connectivity index (χ1v) is 8.12. The van der Waals surface area contributed by atoms with Crippen LogP contribution in [0.4, 0.5) is 0 Å². The molecule has 1 N–H and O–H groups in total. The topological polar surface area (TPSA) is 75.7 Å². The fraction of sp³-hybridized carbons (Fsp3) is 0.500. The lowest BCUT2D eigenvalue weighted by molar-refractivity contribution is -0.146. The highest BCUT2D eigenvalue weighted by Gasteiger charge is 2.35. The maximum atomic E-state index is 12.5. The normalized spacial score (nSPS) is 15.9. The predicted octanol–water partition coefficient (Wildman–Crippen LogP) is 1.73. The van der Waals surface area contributed by atoms with E-state index in [4.69, 9.17) is 4.74 Å². The number of amides is 2. The van der Waals surface area contributed by atoms with E-state index in [0.717, 1.165) is 5.56 Å². The van der Waals surface area contributed by atoms with Gasteiger partial charge in [0.15, 0.2) is 0 Å². The molecule has 0 saturated carbocycles. The van der Waals surface area contributed by atoms with Gasteiger partial charge >= 0.3 is 5.97 Å². The Morgan fingerprint density at radius 3 is 2.50 bits per heavy atom. The Hall–Kier alpha value is -2.37. The van der Waals surface area contributed by atoms with Crippen molar-refractivity contribution in [3.8, 4) is 0 Å². The predicted molar refractivity (Wildman–Crippen MR) is 89.2 cm³/mol. The second kappa shape index (κ2) is 7.47. The lowest BCUT2D eigenvalue weighted by atomic mass is 10.0. The number of nitrogens with one attached hydrogen (secondary N) is 1. The molecule has 0 spiro atoms. The molecule has 0 aromatic heterocycles. The van der Waals surface area contributed by atoms with Crippen molar-refractivity contribution >= 4 is 17.8 Å². The minimum atomic E-state index is -0.704. The smallest absolute Gasteiger partial charge is 0.328 e. The Labute approximate surface area is 142 Å². The molecule has 0 bridgehead atoms. The standard InChI is InChI=1S/C18H24N2O4/c1-11(2)9-15(18(23)24-4)19-16(21)12(3)20-10-13-7-5-6-8-14(13)17(20)22/h5-8,11-12,15H,9-10H2,1-4H3,(H,19,21). The van der Waals surface area contributed by atoms with Crippen LogP contribution in [0, 0.1) is 5.92 Å². The zero-order chi connectivity index (χ0) is 17.9. The van der Waals surface area contributed by atoms with Gasteiger partial charge in [0, 0.05) is 12.1 Å². The van der Waals surface area contributed by atoms with Crippen LogP contribution >= 0.6 is 0 Å². The summed E-state index contributed by atoms with van der Waals surface area (Å²) in [6.45, 7) is 6.00. The molecule has 2 atom stereocenters. The molecule has 24 heavy (non-hydrogen) atoms. The highest BCUT2D eigenvalue weighted by atomic mass is 16.5. The average molecular weight is 332 g/mol.